The van der Waals surface area contributed by atoms with Gasteiger partial charge in [0.2, 0.25) is 0 Å². The molecule has 2 aliphatic rings. The van der Waals surface area contributed by atoms with Gasteiger partial charge in [0.05, 0.1) is 0 Å². The van der Waals surface area contributed by atoms with Crippen molar-refractivity contribution >= 4 is 5.97 Å². The quantitative estimate of drug-likeness (QED) is 0.801. The van der Waals surface area contributed by atoms with Crippen molar-refractivity contribution < 1.29 is 9.90 Å². The van der Waals surface area contributed by atoms with Crippen LogP contribution in [0.1, 0.15) is 51.4 Å². The first-order valence-corrected chi connectivity index (χ1v) is 7.83. The Morgan fingerprint density at radius 1 is 1.16 bits per heavy atom. The summed E-state index contributed by atoms with van der Waals surface area (Å²) in [6.07, 6.45) is 8.96. The Bertz CT molecular complexity index is 290. The molecule has 0 aromatic rings. The molecule has 1 saturated carbocycles. The maximum absolute atomic E-state index is 10.7. The molecule has 2 atom stereocenters. The molecule has 1 saturated heterocycles. The lowest BCUT2D eigenvalue weighted by Crippen LogP contribution is -2.48. The third kappa shape index (κ3) is 5.11. The van der Waals surface area contributed by atoms with Crippen LogP contribution < -0.4 is 5.73 Å². The average Bonchev–Trinajstić information content (AvgIpc) is 2.37. The molecule has 3 N–H and O–H groups in total. The van der Waals surface area contributed by atoms with Crippen molar-refractivity contribution in [2.24, 2.45) is 17.6 Å². The third-order valence-electron chi connectivity index (χ3n) is 4.65. The fourth-order valence-corrected chi connectivity index (χ4v) is 3.77. The Kier molecular flexibility index (Phi) is 5.64. The summed E-state index contributed by atoms with van der Waals surface area (Å²) in [6.45, 7) is 3.23. The zero-order valence-corrected chi connectivity index (χ0v) is 11.9. The maximum atomic E-state index is 10.7. The number of likely N-dealkylation sites (tertiary alicyclic amines) is 1. The second-order valence-electron chi connectivity index (χ2n) is 6.52. The molecule has 110 valence electrons. The number of nitrogens with two attached hydrogens (primary N) is 1. The number of piperidine rings is 1. The van der Waals surface area contributed by atoms with E-state index in [2.05, 4.69) is 4.90 Å². The molecule has 0 amide bonds. The number of rotatable bonds is 5. The van der Waals surface area contributed by atoms with E-state index >= 15 is 0 Å². The van der Waals surface area contributed by atoms with E-state index < -0.39 is 5.97 Å². The Labute approximate surface area is 116 Å². The van der Waals surface area contributed by atoms with E-state index in [1.54, 1.807) is 0 Å². The lowest BCUT2D eigenvalue weighted by atomic mass is 9.86. The fourth-order valence-electron chi connectivity index (χ4n) is 3.77. The number of carboxylic acid groups (broad SMARTS) is 1. The van der Waals surface area contributed by atoms with Crippen LogP contribution in [-0.2, 0) is 4.79 Å². The van der Waals surface area contributed by atoms with Gasteiger partial charge in [-0.25, -0.2) is 0 Å². The van der Waals surface area contributed by atoms with Crippen molar-refractivity contribution in [3.8, 4) is 0 Å². The molecule has 19 heavy (non-hydrogen) atoms. The van der Waals surface area contributed by atoms with Crippen LogP contribution in [0.5, 0.6) is 0 Å². The molecular formula is C15H28N2O2. The van der Waals surface area contributed by atoms with Gasteiger partial charge in [0, 0.05) is 32.1 Å². The summed E-state index contributed by atoms with van der Waals surface area (Å²) in [5.41, 5.74) is 6.14. The average molecular weight is 268 g/mol. The zero-order valence-electron chi connectivity index (χ0n) is 11.9. The van der Waals surface area contributed by atoms with Crippen molar-refractivity contribution in [2.75, 3.05) is 19.6 Å². The number of hydrogen-bond donors (Lipinski definition) is 2. The minimum absolute atomic E-state index is 0.233. The second-order valence-corrected chi connectivity index (χ2v) is 6.52. The summed E-state index contributed by atoms with van der Waals surface area (Å²) in [4.78, 5) is 13.2. The van der Waals surface area contributed by atoms with Gasteiger partial charge in [-0.05, 0) is 37.5 Å². The lowest BCUT2D eigenvalue weighted by Gasteiger charge is -2.38. The van der Waals surface area contributed by atoms with Crippen molar-refractivity contribution in [1.82, 2.24) is 4.90 Å². The molecule has 4 heteroatoms. The van der Waals surface area contributed by atoms with Gasteiger partial charge in [0.15, 0.2) is 0 Å². The molecular weight excluding hydrogens is 240 g/mol. The zero-order chi connectivity index (χ0) is 13.7. The van der Waals surface area contributed by atoms with Gasteiger partial charge in [-0.1, -0.05) is 19.3 Å². The minimum atomic E-state index is -0.682. The van der Waals surface area contributed by atoms with Crippen LogP contribution in [0.4, 0.5) is 0 Å². The molecule has 2 fully saturated rings. The van der Waals surface area contributed by atoms with Gasteiger partial charge in [-0.15, -0.1) is 0 Å². The van der Waals surface area contributed by atoms with Crippen LogP contribution in [-0.4, -0.2) is 41.7 Å². The Morgan fingerprint density at radius 2 is 1.89 bits per heavy atom. The first-order chi connectivity index (χ1) is 9.13. The highest BCUT2D eigenvalue weighted by Gasteiger charge is 2.27. The molecule has 1 heterocycles. The molecule has 0 spiro atoms. The highest BCUT2D eigenvalue weighted by atomic mass is 16.4. The van der Waals surface area contributed by atoms with Gasteiger partial charge in [0.1, 0.15) is 0 Å². The Hall–Kier alpha value is -0.610. The predicted molar refractivity (Wildman–Crippen MR) is 76.0 cm³/mol. The van der Waals surface area contributed by atoms with Crippen LogP contribution in [0.15, 0.2) is 0 Å². The molecule has 2 rings (SSSR count). The number of nitrogens with zero attached hydrogens (tertiary/aromatic N) is 1. The van der Waals surface area contributed by atoms with Crippen molar-refractivity contribution in [3.63, 3.8) is 0 Å². The van der Waals surface area contributed by atoms with Crippen LogP contribution >= 0.6 is 0 Å². The Balaban J connectivity index is 1.77. The predicted octanol–water partition coefficient (Wildman–Crippen LogP) is 2.08. The molecule has 0 aromatic heterocycles. The topological polar surface area (TPSA) is 66.6 Å². The third-order valence-corrected chi connectivity index (χ3v) is 4.65. The van der Waals surface area contributed by atoms with Gasteiger partial charge in [-0.3, -0.25) is 4.79 Å². The van der Waals surface area contributed by atoms with Crippen LogP contribution in [0, 0.1) is 11.8 Å². The molecule has 0 aromatic carbocycles. The fraction of sp³-hybridized carbons (Fsp3) is 0.933. The standard InChI is InChI=1S/C15H28N2O2/c16-14-8-13(6-7-15(18)19)10-17(11-14)9-12-4-2-1-3-5-12/h12-14H,1-11,16H2,(H,18,19). The van der Waals surface area contributed by atoms with E-state index in [4.69, 9.17) is 10.8 Å². The molecule has 4 nitrogen and oxygen atoms in total. The van der Waals surface area contributed by atoms with Gasteiger partial charge in [-0.2, -0.15) is 0 Å². The lowest BCUT2D eigenvalue weighted by molar-refractivity contribution is -0.137. The smallest absolute Gasteiger partial charge is 0.303 e. The summed E-state index contributed by atoms with van der Waals surface area (Å²) in [7, 11) is 0. The number of aliphatic carboxylic acids is 1. The first kappa shape index (κ1) is 14.8. The monoisotopic (exact) mass is 268 g/mol. The van der Waals surface area contributed by atoms with Crippen molar-refractivity contribution in [3.05, 3.63) is 0 Å². The van der Waals surface area contributed by atoms with Gasteiger partial charge in [0.25, 0.3) is 0 Å². The summed E-state index contributed by atoms with van der Waals surface area (Å²) in [5, 5.41) is 8.79. The van der Waals surface area contributed by atoms with Crippen LogP contribution in [0.3, 0.4) is 0 Å². The maximum Gasteiger partial charge on any atom is 0.303 e. The summed E-state index contributed by atoms with van der Waals surface area (Å²) in [6, 6.07) is 0.233. The molecule has 0 bridgehead atoms. The summed E-state index contributed by atoms with van der Waals surface area (Å²) < 4.78 is 0. The number of hydrogen-bond acceptors (Lipinski definition) is 3. The van der Waals surface area contributed by atoms with Gasteiger partial charge >= 0.3 is 5.97 Å². The summed E-state index contributed by atoms with van der Waals surface area (Å²) >= 11 is 0. The van der Waals surface area contributed by atoms with Crippen LogP contribution in [0.25, 0.3) is 0 Å². The first-order valence-electron chi connectivity index (χ1n) is 7.83. The summed E-state index contributed by atoms with van der Waals surface area (Å²) in [5.74, 6) is 0.639. The molecule has 1 aliphatic carbocycles. The van der Waals surface area contributed by atoms with Gasteiger partial charge < -0.3 is 15.7 Å². The largest absolute Gasteiger partial charge is 0.481 e. The van der Waals surface area contributed by atoms with Crippen molar-refractivity contribution in [2.45, 2.75) is 57.4 Å². The normalized spacial score (nSPS) is 30.4. The number of carbonyl (C=O) groups is 1. The van der Waals surface area contributed by atoms with E-state index in [1.165, 1.54) is 38.6 Å². The Morgan fingerprint density at radius 3 is 2.58 bits per heavy atom. The highest BCUT2D eigenvalue weighted by molar-refractivity contribution is 5.66. The van der Waals surface area contributed by atoms with Crippen LogP contribution in [0.2, 0.25) is 0 Å². The highest BCUT2D eigenvalue weighted by Crippen LogP contribution is 2.27. The van der Waals surface area contributed by atoms with Crippen molar-refractivity contribution in [1.29, 1.82) is 0 Å². The van der Waals surface area contributed by atoms with E-state index in [1.807, 2.05) is 0 Å². The number of carboxylic acids is 1. The minimum Gasteiger partial charge on any atom is -0.481 e. The SMILES string of the molecule is NC1CC(CCC(=O)O)CN(CC2CCCCC2)C1. The molecule has 0 radical (unpaired) electrons. The molecule has 2 unspecified atom stereocenters. The molecule has 1 aliphatic heterocycles. The second kappa shape index (κ2) is 7.25. The van der Waals surface area contributed by atoms with E-state index in [0.717, 1.165) is 31.8 Å². The van der Waals surface area contributed by atoms with E-state index in [-0.39, 0.29) is 12.5 Å². The van der Waals surface area contributed by atoms with E-state index in [0.29, 0.717) is 5.92 Å². The van der Waals surface area contributed by atoms with E-state index in [9.17, 15) is 4.79 Å².